The number of hydrogen-bond donors (Lipinski definition) is 0. The Morgan fingerprint density at radius 2 is 2.07 bits per heavy atom. The first kappa shape index (κ1) is 17.2. The Hall–Kier alpha value is -3.26. The first-order chi connectivity index (χ1) is 13.3. The molecule has 0 saturated carbocycles. The number of pyridine rings is 1. The fraction of sp³-hybridized carbons (Fsp3) is 0.263. The van der Waals surface area contributed by atoms with Crippen LogP contribution in [0.4, 0.5) is 0 Å². The predicted molar refractivity (Wildman–Crippen MR) is 95.1 cm³/mol. The van der Waals surface area contributed by atoms with Crippen molar-refractivity contribution < 1.29 is 18.8 Å². The van der Waals surface area contributed by atoms with E-state index in [1.165, 1.54) is 13.3 Å². The van der Waals surface area contributed by atoms with Gasteiger partial charge in [0, 0.05) is 24.4 Å². The summed E-state index contributed by atoms with van der Waals surface area (Å²) in [5, 5.41) is 4.07. The molecule has 1 saturated heterocycles. The lowest BCUT2D eigenvalue weighted by Crippen LogP contribution is -2.43. The van der Waals surface area contributed by atoms with Crippen molar-refractivity contribution in [2.45, 2.75) is 6.04 Å². The summed E-state index contributed by atoms with van der Waals surface area (Å²) >= 11 is 0. The molecule has 0 N–H and O–H groups in total. The lowest BCUT2D eigenvalue weighted by Gasteiger charge is -2.33. The first-order valence-corrected chi connectivity index (χ1v) is 8.54. The van der Waals surface area contributed by atoms with Gasteiger partial charge in [-0.15, -0.1) is 0 Å². The van der Waals surface area contributed by atoms with Gasteiger partial charge < -0.3 is 18.9 Å². The van der Waals surface area contributed by atoms with E-state index < -0.39 is 6.04 Å². The van der Waals surface area contributed by atoms with Crippen LogP contribution in [0.15, 0.2) is 53.2 Å². The van der Waals surface area contributed by atoms with Crippen molar-refractivity contribution in [3.63, 3.8) is 0 Å². The van der Waals surface area contributed by atoms with Crippen molar-refractivity contribution in [1.29, 1.82) is 0 Å². The van der Waals surface area contributed by atoms with E-state index in [-0.39, 0.29) is 5.91 Å². The second-order valence-corrected chi connectivity index (χ2v) is 6.00. The van der Waals surface area contributed by atoms with E-state index in [0.717, 1.165) is 5.56 Å². The number of nitrogens with zero attached hydrogens (tertiary/aromatic N) is 4. The lowest BCUT2D eigenvalue weighted by molar-refractivity contribution is -0.00579. The van der Waals surface area contributed by atoms with E-state index in [4.69, 9.17) is 14.0 Å². The minimum Gasteiger partial charge on any atom is -0.481 e. The Morgan fingerprint density at radius 1 is 1.22 bits per heavy atom. The summed E-state index contributed by atoms with van der Waals surface area (Å²) < 4.78 is 16.0. The second kappa shape index (κ2) is 7.55. The molecular formula is C19H18N4O4. The number of hydrogen-bond acceptors (Lipinski definition) is 7. The summed E-state index contributed by atoms with van der Waals surface area (Å²) in [6.45, 7) is 1.20. The van der Waals surface area contributed by atoms with E-state index >= 15 is 0 Å². The van der Waals surface area contributed by atoms with Crippen LogP contribution in [0.1, 0.15) is 22.2 Å². The zero-order valence-electron chi connectivity index (χ0n) is 14.7. The molecule has 138 valence electrons. The van der Waals surface area contributed by atoms with Gasteiger partial charge in [0.2, 0.25) is 5.88 Å². The molecule has 1 aliphatic rings. The van der Waals surface area contributed by atoms with Crippen molar-refractivity contribution in [2.75, 3.05) is 26.9 Å². The maximum absolute atomic E-state index is 13.0. The van der Waals surface area contributed by atoms with Crippen molar-refractivity contribution >= 4 is 5.91 Å². The number of amides is 1. The minimum absolute atomic E-state index is 0.162. The Bertz CT molecular complexity index is 911. The number of methoxy groups -OCH3 is 1. The van der Waals surface area contributed by atoms with Crippen molar-refractivity contribution in [3.05, 3.63) is 60.0 Å². The fourth-order valence-electron chi connectivity index (χ4n) is 2.92. The number of carbonyl (C=O) groups is 1. The molecule has 1 aromatic carbocycles. The van der Waals surface area contributed by atoms with Crippen LogP contribution in [0.5, 0.6) is 5.88 Å². The van der Waals surface area contributed by atoms with Gasteiger partial charge in [0.25, 0.3) is 11.8 Å². The third-order valence-electron chi connectivity index (χ3n) is 4.34. The molecule has 8 nitrogen and oxygen atoms in total. The molecule has 0 unspecified atom stereocenters. The highest BCUT2D eigenvalue weighted by Gasteiger charge is 2.33. The average molecular weight is 366 g/mol. The van der Waals surface area contributed by atoms with Gasteiger partial charge >= 0.3 is 0 Å². The highest BCUT2D eigenvalue weighted by atomic mass is 16.5. The summed E-state index contributed by atoms with van der Waals surface area (Å²) in [5.74, 6) is 1.12. The number of rotatable bonds is 4. The molecule has 4 rings (SSSR count). The van der Waals surface area contributed by atoms with Gasteiger partial charge in [-0.2, -0.15) is 4.98 Å². The second-order valence-electron chi connectivity index (χ2n) is 6.00. The maximum Gasteiger partial charge on any atom is 0.257 e. The van der Waals surface area contributed by atoms with Gasteiger partial charge in [-0.05, 0) is 18.2 Å². The van der Waals surface area contributed by atoms with Crippen LogP contribution >= 0.6 is 0 Å². The summed E-state index contributed by atoms with van der Waals surface area (Å²) in [4.78, 5) is 23.2. The monoisotopic (exact) mass is 366 g/mol. The van der Waals surface area contributed by atoms with E-state index in [0.29, 0.717) is 42.9 Å². The smallest absolute Gasteiger partial charge is 0.257 e. The van der Waals surface area contributed by atoms with Gasteiger partial charge in [0.05, 0.1) is 25.9 Å². The molecule has 8 heteroatoms. The number of morpholine rings is 1. The third-order valence-corrected chi connectivity index (χ3v) is 4.34. The Morgan fingerprint density at radius 3 is 2.81 bits per heavy atom. The SMILES string of the molecule is COc1ccc(C(=O)N2CCOC[C@H]2c2noc(-c3ccccc3)n2)cn1. The van der Waals surface area contributed by atoms with Gasteiger partial charge in [-0.1, -0.05) is 23.4 Å². The standard InChI is InChI=1S/C19H18N4O4/c1-25-16-8-7-14(11-20-16)19(24)23-9-10-26-12-15(23)17-21-18(27-22-17)13-5-3-2-4-6-13/h2-8,11,15H,9-10,12H2,1H3/t15-/m0/s1. The number of aromatic nitrogens is 3. The zero-order chi connectivity index (χ0) is 18.6. The third kappa shape index (κ3) is 3.52. The van der Waals surface area contributed by atoms with Crippen molar-refractivity contribution in [3.8, 4) is 17.3 Å². The minimum atomic E-state index is -0.422. The van der Waals surface area contributed by atoms with E-state index in [9.17, 15) is 4.79 Å². The highest BCUT2D eigenvalue weighted by Crippen LogP contribution is 2.26. The molecule has 3 heterocycles. The van der Waals surface area contributed by atoms with Crippen LogP contribution in [0.2, 0.25) is 0 Å². The maximum atomic E-state index is 13.0. The van der Waals surface area contributed by atoms with Crippen LogP contribution < -0.4 is 4.74 Å². The lowest BCUT2D eigenvalue weighted by atomic mass is 10.1. The molecule has 0 spiro atoms. The molecule has 1 fully saturated rings. The van der Waals surface area contributed by atoms with E-state index in [2.05, 4.69) is 15.1 Å². The first-order valence-electron chi connectivity index (χ1n) is 8.54. The normalized spacial score (nSPS) is 16.9. The van der Waals surface area contributed by atoms with Gasteiger partial charge in [-0.3, -0.25) is 4.79 Å². The summed E-state index contributed by atoms with van der Waals surface area (Å²) in [6.07, 6.45) is 1.50. The average Bonchev–Trinajstić information content (AvgIpc) is 3.24. The van der Waals surface area contributed by atoms with Crippen LogP contribution in [-0.4, -0.2) is 52.8 Å². The summed E-state index contributed by atoms with van der Waals surface area (Å²) in [5.41, 5.74) is 1.29. The molecule has 0 radical (unpaired) electrons. The molecule has 3 aromatic rings. The quantitative estimate of drug-likeness (QED) is 0.700. The Balaban J connectivity index is 1.59. The topological polar surface area (TPSA) is 90.6 Å². The zero-order valence-corrected chi connectivity index (χ0v) is 14.7. The predicted octanol–water partition coefficient (Wildman–Crippen LogP) is 2.35. The van der Waals surface area contributed by atoms with Gasteiger partial charge in [-0.25, -0.2) is 4.98 Å². The molecule has 1 amide bonds. The Labute approximate surface area is 155 Å². The molecule has 1 aliphatic heterocycles. The van der Waals surface area contributed by atoms with Crippen molar-refractivity contribution in [2.24, 2.45) is 0 Å². The fourth-order valence-corrected chi connectivity index (χ4v) is 2.92. The number of benzene rings is 1. The molecule has 0 aliphatic carbocycles. The Kier molecular flexibility index (Phi) is 4.80. The molecule has 0 bridgehead atoms. The van der Waals surface area contributed by atoms with Crippen LogP contribution in [0, 0.1) is 0 Å². The van der Waals surface area contributed by atoms with E-state index in [1.807, 2.05) is 30.3 Å². The van der Waals surface area contributed by atoms with Gasteiger partial charge in [0.1, 0.15) is 6.04 Å². The van der Waals surface area contributed by atoms with Crippen LogP contribution in [-0.2, 0) is 4.74 Å². The largest absolute Gasteiger partial charge is 0.481 e. The number of ether oxygens (including phenoxy) is 2. The molecule has 27 heavy (non-hydrogen) atoms. The summed E-state index contributed by atoms with van der Waals surface area (Å²) in [6, 6.07) is 12.4. The van der Waals surface area contributed by atoms with Crippen molar-refractivity contribution in [1.82, 2.24) is 20.0 Å². The van der Waals surface area contributed by atoms with E-state index in [1.54, 1.807) is 17.0 Å². The van der Waals surface area contributed by atoms with Crippen LogP contribution in [0.3, 0.4) is 0 Å². The van der Waals surface area contributed by atoms with Crippen LogP contribution in [0.25, 0.3) is 11.5 Å². The molecular weight excluding hydrogens is 348 g/mol. The van der Waals surface area contributed by atoms with Gasteiger partial charge in [0.15, 0.2) is 5.82 Å². The molecule has 1 atom stereocenters. The summed E-state index contributed by atoms with van der Waals surface area (Å²) in [7, 11) is 1.53. The highest BCUT2D eigenvalue weighted by molar-refractivity contribution is 5.94. The number of carbonyl (C=O) groups excluding carboxylic acids is 1. The molecule has 2 aromatic heterocycles.